The maximum Gasteiger partial charge on any atom is 0.263 e. The van der Waals surface area contributed by atoms with E-state index in [1.807, 2.05) is 18.2 Å². The Morgan fingerprint density at radius 3 is 2.96 bits per heavy atom. The molecule has 25 heavy (non-hydrogen) atoms. The van der Waals surface area contributed by atoms with Gasteiger partial charge in [-0.2, -0.15) is 10.1 Å². The van der Waals surface area contributed by atoms with E-state index < -0.39 is 0 Å². The average molecular weight is 341 g/mol. The number of rotatable bonds is 4. The van der Waals surface area contributed by atoms with E-state index in [0.717, 1.165) is 36.4 Å². The van der Waals surface area contributed by atoms with Crippen molar-refractivity contribution < 1.29 is 9.47 Å². The Balaban J connectivity index is 1.76. The molecule has 130 valence electrons. The SMILES string of the molecule is COc1ccc(C2CCCN2c2nc3[nH]ncc3c(=O)[nH]2)c(OC)c1. The summed E-state index contributed by atoms with van der Waals surface area (Å²) in [4.78, 5) is 21.7. The van der Waals surface area contributed by atoms with Crippen LogP contribution in [0.4, 0.5) is 5.95 Å². The summed E-state index contributed by atoms with van der Waals surface area (Å²) < 4.78 is 10.8. The fourth-order valence-electron chi connectivity index (χ4n) is 3.41. The highest BCUT2D eigenvalue weighted by atomic mass is 16.5. The van der Waals surface area contributed by atoms with E-state index in [0.29, 0.717) is 17.0 Å². The van der Waals surface area contributed by atoms with Crippen molar-refractivity contribution in [1.29, 1.82) is 0 Å². The number of methoxy groups -OCH3 is 2. The number of ether oxygens (including phenoxy) is 2. The molecule has 0 saturated carbocycles. The first kappa shape index (κ1) is 15.5. The topological polar surface area (TPSA) is 96.1 Å². The third kappa shape index (κ3) is 2.59. The van der Waals surface area contributed by atoms with Gasteiger partial charge in [0, 0.05) is 18.2 Å². The predicted octanol–water partition coefficient (Wildman–Crippen LogP) is 2.00. The Morgan fingerprint density at radius 1 is 1.28 bits per heavy atom. The highest BCUT2D eigenvalue weighted by molar-refractivity contribution is 5.73. The molecule has 0 spiro atoms. The van der Waals surface area contributed by atoms with E-state index in [4.69, 9.17) is 9.47 Å². The third-order valence-corrected chi connectivity index (χ3v) is 4.63. The van der Waals surface area contributed by atoms with Gasteiger partial charge in [0.2, 0.25) is 5.95 Å². The van der Waals surface area contributed by atoms with Gasteiger partial charge in [0.15, 0.2) is 5.65 Å². The summed E-state index contributed by atoms with van der Waals surface area (Å²) in [5.41, 5.74) is 1.35. The predicted molar refractivity (Wildman–Crippen MR) is 93.4 cm³/mol. The standard InChI is InChI=1S/C17H19N5O3/c1-24-10-5-6-11(14(8-10)25-2)13-4-3-7-22(13)17-19-15-12(9-18-21-15)16(23)20-17/h5-6,8-9,13H,3-4,7H2,1-2H3,(H2,18,19,20,21,23). The molecular weight excluding hydrogens is 322 g/mol. The molecule has 0 aliphatic carbocycles. The van der Waals surface area contributed by atoms with E-state index >= 15 is 0 Å². The van der Waals surface area contributed by atoms with Crippen molar-refractivity contribution in [3.8, 4) is 11.5 Å². The van der Waals surface area contributed by atoms with Crippen molar-refractivity contribution in [1.82, 2.24) is 20.2 Å². The van der Waals surface area contributed by atoms with Crippen LogP contribution in [0, 0.1) is 0 Å². The van der Waals surface area contributed by atoms with Crippen LogP contribution in [0.15, 0.2) is 29.2 Å². The molecule has 2 N–H and O–H groups in total. The summed E-state index contributed by atoms with van der Waals surface area (Å²) in [7, 11) is 3.28. The van der Waals surface area contributed by atoms with Gasteiger partial charge in [0.05, 0.1) is 26.5 Å². The number of aromatic amines is 2. The fourth-order valence-corrected chi connectivity index (χ4v) is 3.41. The minimum Gasteiger partial charge on any atom is -0.497 e. The maximum atomic E-state index is 12.2. The summed E-state index contributed by atoms with van der Waals surface area (Å²) in [6.45, 7) is 0.808. The first-order valence-corrected chi connectivity index (χ1v) is 8.13. The third-order valence-electron chi connectivity index (χ3n) is 4.63. The average Bonchev–Trinajstić information content (AvgIpc) is 3.30. The van der Waals surface area contributed by atoms with Crippen LogP contribution in [-0.4, -0.2) is 40.9 Å². The second-order valence-electron chi connectivity index (χ2n) is 5.98. The normalized spacial score (nSPS) is 17.2. The Hall–Kier alpha value is -3.03. The number of anilines is 1. The molecule has 1 unspecified atom stereocenters. The van der Waals surface area contributed by atoms with Crippen molar-refractivity contribution >= 4 is 17.0 Å². The smallest absolute Gasteiger partial charge is 0.263 e. The summed E-state index contributed by atoms with van der Waals surface area (Å²) >= 11 is 0. The lowest BCUT2D eigenvalue weighted by Crippen LogP contribution is -2.27. The van der Waals surface area contributed by atoms with Crippen molar-refractivity contribution in [2.24, 2.45) is 0 Å². The van der Waals surface area contributed by atoms with Crippen LogP contribution < -0.4 is 19.9 Å². The summed E-state index contributed by atoms with van der Waals surface area (Å²) in [5.74, 6) is 2.05. The van der Waals surface area contributed by atoms with Gasteiger partial charge in [-0.05, 0) is 25.0 Å². The van der Waals surface area contributed by atoms with Crippen LogP contribution in [-0.2, 0) is 0 Å². The van der Waals surface area contributed by atoms with Gasteiger partial charge in [0.1, 0.15) is 16.9 Å². The Bertz CT molecular complexity index is 964. The molecular formula is C17H19N5O3. The lowest BCUT2D eigenvalue weighted by atomic mass is 10.0. The van der Waals surface area contributed by atoms with E-state index in [-0.39, 0.29) is 11.6 Å². The molecule has 0 amide bonds. The maximum absolute atomic E-state index is 12.2. The molecule has 1 aromatic carbocycles. The first-order valence-electron chi connectivity index (χ1n) is 8.13. The molecule has 1 aliphatic rings. The molecule has 4 rings (SSSR count). The quantitative estimate of drug-likeness (QED) is 0.753. The van der Waals surface area contributed by atoms with E-state index in [9.17, 15) is 4.79 Å². The van der Waals surface area contributed by atoms with Crippen LogP contribution in [0.25, 0.3) is 11.0 Å². The second-order valence-corrected chi connectivity index (χ2v) is 5.98. The Kier molecular flexibility index (Phi) is 3.79. The van der Waals surface area contributed by atoms with E-state index in [1.54, 1.807) is 14.2 Å². The van der Waals surface area contributed by atoms with Gasteiger partial charge in [-0.1, -0.05) is 0 Å². The molecule has 1 aliphatic heterocycles. The van der Waals surface area contributed by atoms with Crippen LogP contribution >= 0.6 is 0 Å². The van der Waals surface area contributed by atoms with Crippen molar-refractivity contribution in [2.45, 2.75) is 18.9 Å². The molecule has 3 aromatic rings. The molecule has 1 saturated heterocycles. The minimum absolute atomic E-state index is 0.0735. The van der Waals surface area contributed by atoms with Crippen LogP contribution in [0.3, 0.4) is 0 Å². The Morgan fingerprint density at radius 2 is 2.16 bits per heavy atom. The number of aromatic nitrogens is 4. The molecule has 3 heterocycles. The van der Waals surface area contributed by atoms with Gasteiger partial charge in [-0.3, -0.25) is 14.9 Å². The van der Waals surface area contributed by atoms with Gasteiger partial charge in [-0.15, -0.1) is 0 Å². The molecule has 8 heteroatoms. The van der Waals surface area contributed by atoms with Crippen LogP contribution in [0.5, 0.6) is 11.5 Å². The number of nitrogens with one attached hydrogen (secondary N) is 2. The molecule has 0 bridgehead atoms. The zero-order chi connectivity index (χ0) is 17.4. The number of benzene rings is 1. The molecule has 1 atom stereocenters. The van der Waals surface area contributed by atoms with Gasteiger partial charge < -0.3 is 14.4 Å². The molecule has 0 radical (unpaired) electrons. The van der Waals surface area contributed by atoms with Crippen LogP contribution in [0.2, 0.25) is 0 Å². The minimum atomic E-state index is -0.193. The summed E-state index contributed by atoms with van der Waals surface area (Å²) in [6.07, 6.45) is 3.44. The van der Waals surface area contributed by atoms with Crippen molar-refractivity contribution in [3.63, 3.8) is 0 Å². The van der Waals surface area contributed by atoms with Crippen molar-refractivity contribution in [3.05, 3.63) is 40.3 Å². The lowest BCUT2D eigenvalue weighted by Gasteiger charge is -2.26. The van der Waals surface area contributed by atoms with Gasteiger partial charge >= 0.3 is 0 Å². The van der Waals surface area contributed by atoms with Crippen molar-refractivity contribution in [2.75, 3.05) is 25.7 Å². The number of H-pyrrole nitrogens is 2. The Labute approximate surface area is 143 Å². The van der Waals surface area contributed by atoms with Crippen LogP contribution in [0.1, 0.15) is 24.4 Å². The van der Waals surface area contributed by atoms with Gasteiger partial charge in [-0.25, -0.2) is 0 Å². The number of hydrogen-bond donors (Lipinski definition) is 2. The molecule has 8 nitrogen and oxygen atoms in total. The summed E-state index contributed by atoms with van der Waals surface area (Å²) in [5, 5.41) is 7.12. The van der Waals surface area contributed by atoms with E-state index in [2.05, 4.69) is 25.1 Å². The fraction of sp³-hybridized carbons (Fsp3) is 0.353. The monoisotopic (exact) mass is 341 g/mol. The zero-order valence-corrected chi connectivity index (χ0v) is 14.1. The van der Waals surface area contributed by atoms with E-state index in [1.165, 1.54) is 6.20 Å². The molecule has 2 aromatic heterocycles. The first-order chi connectivity index (χ1) is 12.2. The summed E-state index contributed by atoms with van der Waals surface area (Å²) in [6, 6.07) is 5.88. The number of fused-ring (bicyclic) bond motifs is 1. The number of nitrogens with zero attached hydrogens (tertiary/aromatic N) is 3. The highest BCUT2D eigenvalue weighted by Crippen LogP contribution is 2.39. The highest BCUT2D eigenvalue weighted by Gasteiger charge is 2.30. The number of hydrogen-bond acceptors (Lipinski definition) is 6. The lowest BCUT2D eigenvalue weighted by molar-refractivity contribution is 0.388. The second kappa shape index (κ2) is 6.12. The largest absolute Gasteiger partial charge is 0.497 e. The van der Waals surface area contributed by atoms with Gasteiger partial charge in [0.25, 0.3) is 5.56 Å². The molecule has 1 fully saturated rings. The zero-order valence-electron chi connectivity index (χ0n) is 14.1.